The third-order valence-corrected chi connectivity index (χ3v) is 3.41. The van der Waals surface area contributed by atoms with Crippen LogP contribution in [0.4, 0.5) is 0 Å². The average Bonchev–Trinajstić information content (AvgIpc) is 2.88. The molecular formula is C14H12N2OS. The number of rotatable bonds is 4. The third-order valence-electron chi connectivity index (χ3n) is 2.39. The lowest BCUT2D eigenvalue weighted by Gasteiger charge is -2.01. The van der Waals surface area contributed by atoms with Crippen LogP contribution in [0.5, 0.6) is 0 Å². The number of thiophene rings is 1. The van der Waals surface area contributed by atoms with Gasteiger partial charge < -0.3 is 4.84 Å². The minimum absolute atomic E-state index is 0.436. The van der Waals surface area contributed by atoms with Gasteiger partial charge in [0.2, 0.25) is 0 Å². The van der Waals surface area contributed by atoms with Gasteiger partial charge in [-0.05, 0) is 23.9 Å². The van der Waals surface area contributed by atoms with E-state index in [2.05, 4.69) is 11.2 Å². The fourth-order valence-electron chi connectivity index (χ4n) is 1.50. The Kier molecular flexibility index (Phi) is 4.11. The molecule has 0 radical (unpaired) electrons. The van der Waals surface area contributed by atoms with Crippen LogP contribution in [0.15, 0.2) is 46.9 Å². The Bertz CT molecular complexity index is 581. The molecule has 0 bridgehead atoms. The Balaban J connectivity index is 2.00. The summed E-state index contributed by atoms with van der Waals surface area (Å²) in [5.41, 5.74) is 2.45. The van der Waals surface area contributed by atoms with E-state index in [0.717, 1.165) is 16.2 Å². The Labute approximate surface area is 110 Å². The summed E-state index contributed by atoms with van der Waals surface area (Å²) >= 11 is 1.50. The molecule has 0 atom stereocenters. The molecule has 18 heavy (non-hydrogen) atoms. The summed E-state index contributed by atoms with van der Waals surface area (Å²) in [5, 5.41) is 14.8. The molecule has 0 aliphatic heterocycles. The maximum Gasteiger partial charge on any atom is 0.142 e. The van der Waals surface area contributed by atoms with Gasteiger partial charge in [0.1, 0.15) is 12.7 Å². The third kappa shape index (κ3) is 2.96. The van der Waals surface area contributed by atoms with Gasteiger partial charge in [-0.25, -0.2) is 0 Å². The summed E-state index contributed by atoms with van der Waals surface area (Å²) < 4.78 is 0. The van der Waals surface area contributed by atoms with E-state index in [1.807, 2.05) is 42.6 Å². The van der Waals surface area contributed by atoms with Crippen molar-refractivity contribution in [3.63, 3.8) is 0 Å². The predicted molar refractivity (Wildman–Crippen MR) is 72.5 cm³/mol. The molecule has 0 N–H and O–H groups in total. The molecule has 0 saturated carbocycles. The molecule has 0 aliphatic carbocycles. The lowest BCUT2D eigenvalue weighted by atomic mass is 10.2. The highest BCUT2D eigenvalue weighted by Crippen LogP contribution is 2.17. The Morgan fingerprint density at radius 3 is 2.83 bits per heavy atom. The van der Waals surface area contributed by atoms with Crippen molar-refractivity contribution in [3.8, 4) is 6.07 Å². The molecule has 90 valence electrons. The van der Waals surface area contributed by atoms with Gasteiger partial charge in [0.15, 0.2) is 0 Å². The molecule has 0 spiro atoms. The molecule has 0 saturated heterocycles. The minimum atomic E-state index is 0.436. The van der Waals surface area contributed by atoms with Crippen LogP contribution in [0.25, 0.3) is 0 Å². The Morgan fingerprint density at radius 1 is 1.33 bits per heavy atom. The van der Waals surface area contributed by atoms with Gasteiger partial charge in [0.25, 0.3) is 0 Å². The van der Waals surface area contributed by atoms with E-state index in [4.69, 9.17) is 10.1 Å². The molecule has 2 rings (SSSR count). The number of benzene rings is 1. The molecule has 0 fully saturated rings. The van der Waals surface area contributed by atoms with Crippen LogP contribution in [-0.2, 0) is 11.4 Å². The van der Waals surface area contributed by atoms with Crippen LogP contribution in [0.3, 0.4) is 0 Å². The fraction of sp³-hybridized carbons (Fsp3) is 0.143. The summed E-state index contributed by atoms with van der Waals surface area (Å²) in [7, 11) is 0. The highest BCUT2D eigenvalue weighted by molar-refractivity contribution is 7.12. The van der Waals surface area contributed by atoms with E-state index >= 15 is 0 Å². The van der Waals surface area contributed by atoms with Crippen LogP contribution >= 0.6 is 11.3 Å². The molecule has 2 aromatic rings. The second-order valence-electron chi connectivity index (χ2n) is 3.71. The van der Waals surface area contributed by atoms with Crippen molar-refractivity contribution >= 4 is 17.0 Å². The first-order valence-corrected chi connectivity index (χ1v) is 6.37. The van der Waals surface area contributed by atoms with E-state index in [-0.39, 0.29) is 0 Å². The molecule has 0 unspecified atom stereocenters. The van der Waals surface area contributed by atoms with Gasteiger partial charge in [-0.2, -0.15) is 5.26 Å². The van der Waals surface area contributed by atoms with Crippen LogP contribution in [0, 0.1) is 11.3 Å². The van der Waals surface area contributed by atoms with Crippen molar-refractivity contribution in [2.45, 2.75) is 13.5 Å². The van der Waals surface area contributed by atoms with E-state index in [1.165, 1.54) is 11.3 Å². The van der Waals surface area contributed by atoms with Crippen molar-refractivity contribution < 1.29 is 4.84 Å². The maximum atomic E-state index is 8.92. The normalized spacial score (nSPS) is 11.0. The lowest BCUT2D eigenvalue weighted by molar-refractivity contribution is 0.130. The molecule has 4 heteroatoms. The minimum Gasteiger partial charge on any atom is -0.391 e. The summed E-state index contributed by atoms with van der Waals surface area (Å²) in [6, 6.07) is 13.8. The van der Waals surface area contributed by atoms with Gasteiger partial charge >= 0.3 is 0 Å². The van der Waals surface area contributed by atoms with E-state index < -0.39 is 0 Å². The number of hydrogen-bond acceptors (Lipinski definition) is 4. The van der Waals surface area contributed by atoms with Gasteiger partial charge in [-0.1, -0.05) is 35.5 Å². The average molecular weight is 256 g/mol. The van der Waals surface area contributed by atoms with Crippen molar-refractivity contribution in [1.82, 2.24) is 0 Å². The largest absolute Gasteiger partial charge is 0.391 e. The van der Waals surface area contributed by atoms with Crippen molar-refractivity contribution in [2.24, 2.45) is 5.16 Å². The zero-order valence-corrected chi connectivity index (χ0v) is 10.8. The van der Waals surface area contributed by atoms with Gasteiger partial charge in [0, 0.05) is 0 Å². The molecule has 3 nitrogen and oxygen atoms in total. The lowest BCUT2D eigenvalue weighted by Crippen LogP contribution is -1.96. The predicted octanol–water partition coefficient (Wildman–Crippen LogP) is 3.56. The van der Waals surface area contributed by atoms with Gasteiger partial charge in [0.05, 0.1) is 16.2 Å². The maximum absolute atomic E-state index is 8.92. The zero-order valence-electron chi connectivity index (χ0n) is 9.96. The quantitative estimate of drug-likeness (QED) is 0.620. The first kappa shape index (κ1) is 12.3. The highest BCUT2D eigenvalue weighted by Gasteiger charge is 2.06. The van der Waals surface area contributed by atoms with Crippen molar-refractivity contribution in [2.75, 3.05) is 0 Å². The summed E-state index contributed by atoms with van der Waals surface area (Å²) in [4.78, 5) is 6.16. The summed E-state index contributed by atoms with van der Waals surface area (Å²) in [6.07, 6.45) is 0. The molecule has 0 amide bonds. The van der Waals surface area contributed by atoms with E-state index in [9.17, 15) is 0 Å². The molecule has 1 heterocycles. The second-order valence-corrected chi connectivity index (χ2v) is 4.63. The molecule has 1 aromatic carbocycles. The molecule has 1 aromatic heterocycles. The zero-order chi connectivity index (χ0) is 12.8. The monoisotopic (exact) mass is 256 g/mol. The number of oxime groups is 1. The Morgan fingerprint density at radius 2 is 2.11 bits per heavy atom. The van der Waals surface area contributed by atoms with E-state index in [0.29, 0.717) is 12.2 Å². The van der Waals surface area contributed by atoms with Gasteiger partial charge in [-0.15, -0.1) is 11.3 Å². The van der Waals surface area contributed by atoms with E-state index in [1.54, 1.807) is 6.07 Å². The van der Waals surface area contributed by atoms with Crippen molar-refractivity contribution in [3.05, 3.63) is 57.8 Å². The van der Waals surface area contributed by atoms with Gasteiger partial charge in [-0.3, -0.25) is 0 Å². The SMILES string of the molecule is C/C(=N\OCc1ccccc1)c1sccc1C#N. The van der Waals surface area contributed by atoms with Crippen LogP contribution in [-0.4, -0.2) is 5.71 Å². The topological polar surface area (TPSA) is 45.4 Å². The summed E-state index contributed by atoms with van der Waals surface area (Å²) in [6.45, 7) is 2.28. The smallest absolute Gasteiger partial charge is 0.142 e. The second kappa shape index (κ2) is 5.99. The Hall–Kier alpha value is -2.12. The molecule has 0 aliphatic rings. The fourth-order valence-corrected chi connectivity index (χ4v) is 2.29. The van der Waals surface area contributed by atoms with Crippen LogP contribution in [0.2, 0.25) is 0 Å². The molecular weight excluding hydrogens is 244 g/mol. The first-order valence-electron chi connectivity index (χ1n) is 5.49. The highest BCUT2D eigenvalue weighted by atomic mass is 32.1. The number of nitrogens with zero attached hydrogens (tertiary/aromatic N) is 2. The standard InChI is InChI=1S/C14H12N2OS/c1-11(14-13(9-15)7-8-18-14)16-17-10-12-5-3-2-4-6-12/h2-8H,10H2,1H3/b16-11+. The van der Waals surface area contributed by atoms with Crippen LogP contribution in [0.1, 0.15) is 22.9 Å². The van der Waals surface area contributed by atoms with Crippen molar-refractivity contribution in [1.29, 1.82) is 5.26 Å². The first-order chi connectivity index (χ1) is 8.81. The number of hydrogen-bond donors (Lipinski definition) is 0. The summed E-state index contributed by atoms with van der Waals surface area (Å²) in [5.74, 6) is 0. The van der Waals surface area contributed by atoms with Crippen LogP contribution < -0.4 is 0 Å². The number of nitriles is 1.